The third kappa shape index (κ3) is 3.31. The SMILES string of the molecule is COc1cc2nc(C)sc2cc1NC(=O)c1cnn(C2CCCCC2)c1. The van der Waals surface area contributed by atoms with E-state index in [1.54, 1.807) is 24.6 Å². The Morgan fingerprint density at radius 3 is 2.88 bits per heavy atom. The first-order valence-electron chi connectivity index (χ1n) is 8.95. The number of rotatable bonds is 4. The van der Waals surface area contributed by atoms with Crippen LogP contribution >= 0.6 is 11.3 Å². The Morgan fingerprint density at radius 2 is 2.12 bits per heavy atom. The maximum atomic E-state index is 12.7. The topological polar surface area (TPSA) is 69.0 Å². The van der Waals surface area contributed by atoms with Crippen molar-refractivity contribution < 1.29 is 9.53 Å². The van der Waals surface area contributed by atoms with Crippen molar-refractivity contribution in [3.8, 4) is 5.75 Å². The molecule has 0 bridgehead atoms. The van der Waals surface area contributed by atoms with Crippen molar-refractivity contribution >= 4 is 33.1 Å². The molecule has 136 valence electrons. The average molecular weight is 370 g/mol. The van der Waals surface area contributed by atoms with Crippen LogP contribution in [-0.2, 0) is 0 Å². The Bertz CT molecular complexity index is 940. The number of hydrogen-bond donors (Lipinski definition) is 1. The molecule has 1 amide bonds. The van der Waals surface area contributed by atoms with Gasteiger partial charge in [-0.1, -0.05) is 19.3 Å². The van der Waals surface area contributed by atoms with Crippen LogP contribution in [-0.4, -0.2) is 27.8 Å². The molecule has 1 aliphatic rings. The summed E-state index contributed by atoms with van der Waals surface area (Å²) in [5, 5.41) is 8.36. The lowest BCUT2D eigenvalue weighted by atomic mass is 9.96. The fraction of sp³-hybridized carbons (Fsp3) is 0.421. The third-order valence-corrected chi connectivity index (χ3v) is 5.81. The molecule has 1 aromatic carbocycles. The lowest BCUT2D eigenvalue weighted by molar-refractivity contribution is 0.102. The number of thiazole rings is 1. The van der Waals surface area contributed by atoms with Crippen molar-refractivity contribution in [2.75, 3.05) is 12.4 Å². The van der Waals surface area contributed by atoms with E-state index in [2.05, 4.69) is 15.4 Å². The molecule has 7 heteroatoms. The second-order valence-electron chi connectivity index (χ2n) is 6.71. The quantitative estimate of drug-likeness (QED) is 0.730. The zero-order valence-electron chi connectivity index (χ0n) is 15.0. The average Bonchev–Trinajstić information content (AvgIpc) is 3.27. The van der Waals surface area contributed by atoms with Crippen molar-refractivity contribution in [3.63, 3.8) is 0 Å². The Balaban J connectivity index is 1.56. The van der Waals surface area contributed by atoms with Crippen LogP contribution in [0.15, 0.2) is 24.5 Å². The van der Waals surface area contributed by atoms with Crippen LogP contribution in [0.2, 0.25) is 0 Å². The van der Waals surface area contributed by atoms with Gasteiger partial charge in [-0.05, 0) is 25.8 Å². The third-order valence-electron chi connectivity index (χ3n) is 4.88. The van der Waals surface area contributed by atoms with Gasteiger partial charge in [-0.25, -0.2) is 4.98 Å². The molecule has 0 atom stereocenters. The number of benzene rings is 1. The van der Waals surface area contributed by atoms with Gasteiger partial charge in [-0.15, -0.1) is 11.3 Å². The number of ether oxygens (including phenoxy) is 1. The van der Waals surface area contributed by atoms with Crippen LogP contribution in [0.5, 0.6) is 5.75 Å². The molecule has 4 rings (SSSR count). The number of nitrogens with zero attached hydrogens (tertiary/aromatic N) is 3. The number of amides is 1. The molecule has 0 radical (unpaired) electrons. The van der Waals surface area contributed by atoms with Crippen LogP contribution < -0.4 is 10.1 Å². The zero-order chi connectivity index (χ0) is 18.1. The maximum Gasteiger partial charge on any atom is 0.258 e. The molecule has 6 nitrogen and oxygen atoms in total. The summed E-state index contributed by atoms with van der Waals surface area (Å²) in [6.45, 7) is 1.97. The molecule has 1 aliphatic carbocycles. The molecule has 0 saturated heterocycles. The van der Waals surface area contributed by atoms with Gasteiger partial charge in [0.05, 0.1) is 45.8 Å². The first kappa shape index (κ1) is 17.0. The van der Waals surface area contributed by atoms with E-state index in [0.29, 0.717) is 23.0 Å². The van der Waals surface area contributed by atoms with E-state index in [1.165, 1.54) is 19.3 Å². The van der Waals surface area contributed by atoms with Gasteiger partial charge in [-0.2, -0.15) is 5.10 Å². The molecule has 2 aromatic heterocycles. The van der Waals surface area contributed by atoms with E-state index in [0.717, 1.165) is 28.1 Å². The van der Waals surface area contributed by atoms with E-state index < -0.39 is 0 Å². The highest BCUT2D eigenvalue weighted by Gasteiger charge is 2.19. The normalized spacial score (nSPS) is 15.3. The van der Waals surface area contributed by atoms with E-state index >= 15 is 0 Å². The van der Waals surface area contributed by atoms with Gasteiger partial charge >= 0.3 is 0 Å². The molecule has 0 unspecified atom stereocenters. The summed E-state index contributed by atoms with van der Waals surface area (Å²) in [5.41, 5.74) is 2.10. The number of aromatic nitrogens is 3. The van der Waals surface area contributed by atoms with Crippen LogP contribution in [0.4, 0.5) is 5.69 Å². The Kier molecular flexibility index (Phi) is 4.63. The highest BCUT2D eigenvalue weighted by molar-refractivity contribution is 7.18. The van der Waals surface area contributed by atoms with Gasteiger partial charge in [0, 0.05) is 12.3 Å². The smallest absolute Gasteiger partial charge is 0.258 e. The maximum absolute atomic E-state index is 12.7. The van der Waals surface area contributed by atoms with Gasteiger partial charge in [0.15, 0.2) is 0 Å². The van der Waals surface area contributed by atoms with Crippen molar-refractivity contribution in [1.82, 2.24) is 14.8 Å². The molecule has 0 spiro atoms. The lowest BCUT2D eigenvalue weighted by Gasteiger charge is -2.21. The Labute approximate surface area is 156 Å². The number of hydrogen-bond acceptors (Lipinski definition) is 5. The lowest BCUT2D eigenvalue weighted by Crippen LogP contribution is -2.14. The second-order valence-corrected chi connectivity index (χ2v) is 7.94. The first-order chi connectivity index (χ1) is 12.6. The fourth-order valence-corrected chi connectivity index (χ4v) is 4.38. The van der Waals surface area contributed by atoms with Gasteiger partial charge in [0.1, 0.15) is 5.75 Å². The van der Waals surface area contributed by atoms with Crippen molar-refractivity contribution in [2.45, 2.75) is 45.1 Å². The predicted molar refractivity (Wildman–Crippen MR) is 103 cm³/mol. The summed E-state index contributed by atoms with van der Waals surface area (Å²) >= 11 is 1.60. The molecule has 0 aliphatic heterocycles. The predicted octanol–water partition coefficient (Wildman–Crippen LogP) is 4.57. The van der Waals surface area contributed by atoms with Crippen molar-refractivity contribution in [1.29, 1.82) is 0 Å². The number of fused-ring (bicyclic) bond motifs is 1. The van der Waals surface area contributed by atoms with E-state index in [-0.39, 0.29) is 5.91 Å². The van der Waals surface area contributed by atoms with Crippen LogP contribution in [0.1, 0.15) is 53.5 Å². The summed E-state index contributed by atoms with van der Waals surface area (Å²) in [4.78, 5) is 17.2. The number of nitrogens with one attached hydrogen (secondary N) is 1. The minimum Gasteiger partial charge on any atom is -0.494 e. The van der Waals surface area contributed by atoms with Crippen LogP contribution in [0.3, 0.4) is 0 Å². The first-order valence-corrected chi connectivity index (χ1v) is 9.76. The minimum atomic E-state index is -0.175. The molecule has 26 heavy (non-hydrogen) atoms. The van der Waals surface area contributed by atoms with Gasteiger partial charge in [0.2, 0.25) is 0 Å². The van der Waals surface area contributed by atoms with Gasteiger partial charge < -0.3 is 10.1 Å². The molecule has 1 fully saturated rings. The van der Waals surface area contributed by atoms with E-state index in [1.807, 2.05) is 29.9 Å². The fourth-order valence-electron chi connectivity index (χ4n) is 3.53. The summed E-state index contributed by atoms with van der Waals surface area (Å²) in [5.74, 6) is 0.432. The summed E-state index contributed by atoms with van der Waals surface area (Å²) in [6, 6.07) is 4.19. The Hall–Kier alpha value is -2.41. The van der Waals surface area contributed by atoms with Crippen LogP contribution in [0, 0.1) is 6.92 Å². The largest absolute Gasteiger partial charge is 0.494 e. The van der Waals surface area contributed by atoms with E-state index in [4.69, 9.17) is 4.74 Å². The number of anilines is 1. The second kappa shape index (κ2) is 7.07. The molecule has 1 saturated carbocycles. The molecular weight excluding hydrogens is 348 g/mol. The van der Waals surface area contributed by atoms with Crippen LogP contribution in [0.25, 0.3) is 10.2 Å². The van der Waals surface area contributed by atoms with E-state index in [9.17, 15) is 4.79 Å². The number of aryl methyl sites for hydroxylation is 1. The number of carbonyl (C=O) groups is 1. The monoisotopic (exact) mass is 370 g/mol. The van der Waals surface area contributed by atoms with Crippen molar-refractivity contribution in [3.05, 3.63) is 35.1 Å². The van der Waals surface area contributed by atoms with Gasteiger partial charge in [0.25, 0.3) is 5.91 Å². The highest BCUT2D eigenvalue weighted by atomic mass is 32.1. The van der Waals surface area contributed by atoms with Gasteiger partial charge in [-0.3, -0.25) is 9.48 Å². The van der Waals surface area contributed by atoms with Crippen molar-refractivity contribution in [2.24, 2.45) is 0 Å². The molecule has 1 N–H and O–H groups in total. The zero-order valence-corrected chi connectivity index (χ0v) is 15.8. The summed E-state index contributed by atoms with van der Waals surface area (Å²) < 4.78 is 8.40. The highest BCUT2D eigenvalue weighted by Crippen LogP contribution is 2.33. The summed E-state index contributed by atoms with van der Waals surface area (Å²) in [6.07, 6.45) is 9.54. The number of carbonyl (C=O) groups excluding carboxylic acids is 1. The summed E-state index contributed by atoms with van der Waals surface area (Å²) in [7, 11) is 1.59. The molecule has 3 aromatic rings. The number of methoxy groups -OCH3 is 1. The molecule has 2 heterocycles. The standard InChI is InChI=1S/C19H22N4O2S/c1-12-21-16-8-17(25-2)15(9-18(16)26-12)22-19(24)13-10-20-23(11-13)14-6-4-3-5-7-14/h8-11,14H,3-7H2,1-2H3,(H,22,24). The minimum absolute atomic E-state index is 0.175. The Morgan fingerprint density at radius 1 is 1.31 bits per heavy atom. The molecular formula is C19H22N4O2S.